The Morgan fingerprint density at radius 1 is 0.206 bits per heavy atom. The maximum absolute atomic E-state index is 13.1. The third-order valence-corrected chi connectivity index (χ3v) is 22.9. The molecule has 0 aromatic heterocycles. The fraction of sp³-hybridized carbons (Fsp3) is 0.929. The number of hydrogen-bond acceptors (Lipinski definition) is 51. The molecule has 56 nitrogen and oxygen atoms in total. The van der Waals surface area contributed by atoms with Crippen LogP contribution >= 0.6 is 0 Å². The maximum Gasteiger partial charge on any atom is 0.217 e. The number of carbonyl (C=O) groups is 5. The highest BCUT2D eigenvalue weighted by Crippen LogP contribution is 2.41. The Balaban J connectivity index is 1.03. The molecule has 5 amide bonds. The van der Waals surface area contributed by atoms with Gasteiger partial charge in [-0.05, 0) is 0 Å². The highest BCUT2D eigenvalue weighted by Gasteiger charge is 2.62. The topological polar surface area (TPSA) is 867 Å². The van der Waals surface area contributed by atoms with Crippen molar-refractivity contribution < 1.29 is 252 Å². The van der Waals surface area contributed by atoms with Crippen molar-refractivity contribution >= 4 is 29.5 Å². The molecule has 10 fully saturated rings. The van der Waals surface area contributed by atoms with Gasteiger partial charge in [0, 0.05) is 34.6 Å². The third-order valence-electron chi connectivity index (χ3n) is 22.9. The lowest BCUT2D eigenvalue weighted by Gasteiger charge is -2.51. The average molecular weight is 1840 g/mol. The van der Waals surface area contributed by atoms with E-state index in [-0.39, 0.29) is 0 Å². The first-order chi connectivity index (χ1) is 59.6. The normalized spacial score (nSPS) is 48.4. The van der Waals surface area contributed by atoms with Gasteiger partial charge in [-0.1, -0.05) is 0 Å². The van der Waals surface area contributed by atoms with Crippen LogP contribution in [0.5, 0.6) is 0 Å². The van der Waals surface area contributed by atoms with Crippen molar-refractivity contribution in [3.8, 4) is 0 Å². The van der Waals surface area contributed by atoms with Gasteiger partial charge in [-0.25, -0.2) is 0 Å². The van der Waals surface area contributed by atoms with Crippen LogP contribution in [0.4, 0.5) is 0 Å². The number of nitrogens with one attached hydrogen (secondary N) is 5. The largest absolute Gasteiger partial charge is 0.394 e. The van der Waals surface area contributed by atoms with Gasteiger partial charge in [0.2, 0.25) is 29.5 Å². The van der Waals surface area contributed by atoms with E-state index in [9.17, 15) is 162 Å². The number of carbonyl (C=O) groups excluding carboxylic acids is 5. The summed E-state index contributed by atoms with van der Waals surface area (Å²) in [4.78, 5) is 64.0. The molecule has 728 valence electrons. The fourth-order valence-corrected chi connectivity index (χ4v) is 16.2. The van der Waals surface area contributed by atoms with Crippen LogP contribution in [0, 0.1) is 0 Å². The van der Waals surface area contributed by atoms with E-state index in [1.165, 1.54) is 0 Å². The molecular weight excluding hydrogens is 1730 g/mol. The van der Waals surface area contributed by atoms with E-state index in [1.807, 2.05) is 0 Å². The molecule has 50 atom stereocenters. The summed E-state index contributed by atoms with van der Waals surface area (Å²) < 4.78 is 114. The molecule has 32 N–H and O–H groups in total. The van der Waals surface area contributed by atoms with E-state index >= 15 is 0 Å². The van der Waals surface area contributed by atoms with Crippen LogP contribution in [0.1, 0.15) is 34.6 Å². The quantitative estimate of drug-likeness (QED) is 0.0290. The second kappa shape index (κ2) is 45.5. The van der Waals surface area contributed by atoms with Gasteiger partial charge in [0.1, 0.15) is 244 Å². The molecule has 0 radical (unpaired) electrons. The molecule has 0 saturated carbocycles. The Hall–Kier alpha value is -4.49. The van der Waals surface area contributed by atoms with Crippen molar-refractivity contribution in [3.05, 3.63) is 0 Å². The molecular formula is C70H117N5O51. The summed E-state index contributed by atoms with van der Waals surface area (Å²) in [5.41, 5.74) is 0. The van der Waals surface area contributed by atoms with Gasteiger partial charge in [0.25, 0.3) is 0 Å². The predicted molar refractivity (Wildman–Crippen MR) is 388 cm³/mol. The highest BCUT2D eigenvalue weighted by molar-refractivity contribution is 5.75. The Morgan fingerprint density at radius 2 is 0.444 bits per heavy atom. The van der Waals surface area contributed by atoms with Gasteiger partial charge in [-0.2, -0.15) is 0 Å². The van der Waals surface area contributed by atoms with Crippen molar-refractivity contribution in [1.29, 1.82) is 0 Å². The van der Waals surface area contributed by atoms with Gasteiger partial charge in [-0.15, -0.1) is 0 Å². The summed E-state index contributed by atoms with van der Waals surface area (Å²) in [5.74, 6) is -4.60. The summed E-state index contributed by atoms with van der Waals surface area (Å²) in [6.07, 6.45) is -95.6. The molecule has 10 saturated heterocycles. The lowest BCUT2D eigenvalue weighted by atomic mass is 9.93. The van der Waals surface area contributed by atoms with Crippen molar-refractivity contribution in [2.45, 2.75) is 341 Å². The molecule has 0 aromatic carbocycles. The first kappa shape index (κ1) is 104. The SMILES string of the molecule is CC(=O)N[C@@H]1[C@@H](O)[C@H](O[C@@H]2O[C@H](CO)[C@@H](O[C@@H]3O[C@H](CO[C@@H]4O[C@H](CO[C@@H]5O[C@H](CO)[C@@H](O)[C@H](O)[C@H]5NC(C)=O)[C@@H](O)[C@H](O)[C@@H]4O[C@@H]4O[C@H](CO)[C@@H](O[C@@H]5O[C@H](CO)[C@H](O)[C@H](O)[C@H]5O)[C@H](O)[C@H]4NC(C)=O)[C@@H](O)[C@H](O[C@@H]4O[C@H](CO)[C@@H](O)[C@H](O)[C@@H]4O[C@@H]4O[C@H](CO)[C@@H](O[C@@H]5O[C@H](CO)[C@H](O)[C@H](O)[C@H]5O)[C@H](O)[C@H]4NC(C)=O)[C@@H]3O)[C@H](O)[C@H]2NC(C)=O)[C@@H](CO)O[C@H]1O. The monoisotopic (exact) mass is 1840 g/mol. The van der Waals surface area contributed by atoms with Gasteiger partial charge < -0.3 is 254 Å². The lowest BCUT2D eigenvalue weighted by Crippen LogP contribution is -2.71. The number of ether oxygens (including phenoxy) is 19. The molecule has 10 rings (SSSR count). The van der Waals surface area contributed by atoms with E-state index in [0.717, 1.165) is 34.6 Å². The van der Waals surface area contributed by atoms with Crippen LogP contribution in [0.3, 0.4) is 0 Å². The summed E-state index contributed by atoms with van der Waals surface area (Å²) >= 11 is 0. The molecule has 0 aromatic rings. The van der Waals surface area contributed by atoms with Crippen LogP contribution in [-0.4, -0.2) is 540 Å². The zero-order valence-corrected chi connectivity index (χ0v) is 67.8. The lowest BCUT2D eigenvalue weighted by molar-refractivity contribution is -0.399. The molecule has 0 bridgehead atoms. The minimum absolute atomic E-state index is 0.812. The van der Waals surface area contributed by atoms with E-state index in [4.69, 9.17) is 90.0 Å². The van der Waals surface area contributed by atoms with Crippen LogP contribution in [0.15, 0.2) is 0 Å². The standard InChI is InChI=1S/C70H117N5O51/c1-16(84)71-31-43(96)54(25(10-80)110-61(31)107)120-63-33(73-18(3)86)44(97)57(28(13-83)115-63)123-68-53(106)58(124-70-60(49(102)39(92)24(9-79)114-70)126-65-35(75-20(5)88)46(99)56(27(12-82)117-65)122-67-52(105)48(101)38(91)23(8-78)113-67)41(94)30(118-68)15-109-69-59(50(103)40(93)29(119-69)14-108-62-32(72-17(2)85)42(95)36(89)21(6-76)111-62)125-64-34(74-19(4)87)45(98)55(26(11-81)116-64)121-66-51(104)47(100)37(90)22(7-77)112-66/h21-70,76-83,89-107H,6-15H2,1-5H3,(H,71,84)(H,72,85)(H,73,86)(H,74,87)(H,75,88)/t21-,22-,23-,24-,25-,26-,27-,28-,29-,30-,31-,32-,33-,34-,35-,36-,37+,38+,39-,40-,41-,42-,43-,44-,45-,46-,47+,48+,49+,50+,51-,52-,53+,54-,55-,56-,57-,58+,59+,60+,61-,62-,63+,64+,65+,66+,67+,68+,69-,70+/m1/s1. The highest BCUT2D eigenvalue weighted by atomic mass is 16.8. The van der Waals surface area contributed by atoms with Crippen molar-refractivity contribution in [2.24, 2.45) is 0 Å². The van der Waals surface area contributed by atoms with Crippen LogP contribution in [0.25, 0.3) is 0 Å². The van der Waals surface area contributed by atoms with E-state index in [2.05, 4.69) is 26.6 Å². The summed E-state index contributed by atoms with van der Waals surface area (Å²) in [5, 5.41) is 314. The second-order valence-electron chi connectivity index (χ2n) is 31.7. The van der Waals surface area contributed by atoms with Crippen molar-refractivity contribution in [3.63, 3.8) is 0 Å². The Labute approximate surface area is 713 Å². The van der Waals surface area contributed by atoms with Gasteiger partial charge in [0.05, 0.1) is 66.1 Å². The zero-order chi connectivity index (χ0) is 92.8. The summed E-state index contributed by atoms with van der Waals surface area (Å²) in [6.45, 7) is -6.43. The Kier molecular flexibility index (Phi) is 37.4. The summed E-state index contributed by atoms with van der Waals surface area (Å²) in [7, 11) is 0. The Morgan fingerprint density at radius 3 is 0.817 bits per heavy atom. The van der Waals surface area contributed by atoms with Crippen LogP contribution < -0.4 is 26.6 Å². The van der Waals surface area contributed by atoms with Gasteiger partial charge in [0.15, 0.2) is 62.9 Å². The first-order valence-corrected chi connectivity index (χ1v) is 40.1. The predicted octanol–water partition coefficient (Wildman–Crippen LogP) is -22.1. The number of aliphatic hydroxyl groups is 27. The molecule has 0 aliphatic carbocycles. The molecule has 10 aliphatic heterocycles. The van der Waals surface area contributed by atoms with Crippen molar-refractivity contribution in [2.75, 3.05) is 66.1 Å². The maximum atomic E-state index is 13.1. The minimum atomic E-state index is -2.66. The number of aliphatic hydroxyl groups excluding tert-OH is 27. The molecule has 126 heavy (non-hydrogen) atoms. The number of amides is 5. The van der Waals surface area contributed by atoms with E-state index < -0.39 is 402 Å². The average Bonchev–Trinajstić information content (AvgIpc) is 0.744. The van der Waals surface area contributed by atoms with E-state index in [0.29, 0.717) is 0 Å². The number of rotatable bonds is 33. The van der Waals surface area contributed by atoms with Gasteiger partial charge >= 0.3 is 0 Å². The molecule has 0 unspecified atom stereocenters. The molecule has 10 aliphatic rings. The molecule has 0 spiro atoms. The smallest absolute Gasteiger partial charge is 0.217 e. The van der Waals surface area contributed by atoms with Crippen molar-refractivity contribution in [1.82, 2.24) is 26.6 Å². The first-order valence-electron chi connectivity index (χ1n) is 40.1. The number of hydrogen-bond donors (Lipinski definition) is 32. The van der Waals surface area contributed by atoms with E-state index in [1.54, 1.807) is 0 Å². The summed E-state index contributed by atoms with van der Waals surface area (Å²) in [6, 6.07) is -9.36. The minimum Gasteiger partial charge on any atom is -0.394 e. The molecule has 10 heterocycles. The zero-order valence-electron chi connectivity index (χ0n) is 67.8. The molecule has 56 heteroatoms. The third kappa shape index (κ3) is 23.1. The fourth-order valence-electron chi connectivity index (χ4n) is 16.2. The van der Waals surface area contributed by atoms with Crippen LogP contribution in [-0.2, 0) is 114 Å². The Bertz CT molecular complexity index is 3440. The van der Waals surface area contributed by atoms with Crippen LogP contribution in [0.2, 0.25) is 0 Å². The van der Waals surface area contributed by atoms with Gasteiger partial charge in [-0.3, -0.25) is 24.0 Å². The second-order valence-corrected chi connectivity index (χ2v) is 31.7.